The SMILES string of the molecule is COCCOc1cc(-c2ccc(F)cc2)nc2cc(C(=O)NCC(F)(F)CC3=NNCN3)ccc12. The van der Waals surface area contributed by atoms with Crippen molar-refractivity contribution in [3.05, 3.63) is 59.9 Å². The number of benzene rings is 2. The van der Waals surface area contributed by atoms with Gasteiger partial charge in [-0.05, 0) is 42.5 Å². The first-order chi connectivity index (χ1) is 16.8. The number of carbonyl (C=O) groups is 1. The minimum absolute atomic E-state index is 0.133. The second-order valence-corrected chi connectivity index (χ2v) is 7.87. The summed E-state index contributed by atoms with van der Waals surface area (Å²) >= 11 is 0. The van der Waals surface area contributed by atoms with Crippen molar-refractivity contribution >= 4 is 22.6 Å². The quantitative estimate of drug-likeness (QED) is 0.380. The summed E-state index contributed by atoms with van der Waals surface area (Å²) in [6.07, 6.45) is -0.622. The monoisotopic (exact) mass is 487 g/mol. The lowest BCUT2D eigenvalue weighted by Gasteiger charge is -2.17. The van der Waals surface area contributed by atoms with Gasteiger partial charge in [0.1, 0.15) is 30.7 Å². The van der Waals surface area contributed by atoms with Crippen LogP contribution in [0.1, 0.15) is 16.8 Å². The highest BCUT2D eigenvalue weighted by atomic mass is 19.3. The molecule has 1 aliphatic heterocycles. The van der Waals surface area contributed by atoms with Crippen LogP contribution in [0.3, 0.4) is 0 Å². The summed E-state index contributed by atoms with van der Waals surface area (Å²) < 4.78 is 52.8. The molecule has 8 nitrogen and oxygen atoms in total. The number of halogens is 3. The number of aromatic nitrogens is 1. The summed E-state index contributed by atoms with van der Waals surface area (Å²) in [4.78, 5) is 17.2. The lowest BCUT2D eigenvalue weighted by atomic mass is 10.1. The number of hydrogen-bond acceptors (Lipinski definition) is 7. The van der Waals surface area contributed by atoms with E-state index >= 15 is 0 Å². The van der Waals surface area contributed by atoms with Crippen molar-refractivity contribution in [3.63, 3.8) is 0 Å². The van der Waals surface area contributed by atoms with Gasteiger partial charge in [-0.15, -0.1) is 0 Å². The Morgan fingerprint density at radius 3 is 2.66 bits per heavy atom. The number of carbonyl (C=O) groups excluding carboxylic acids is 1. The molecule has 11 heteroatoms. The number of hydrazone groups is 1. The minimum Gasteiger partial charge on any atom is -0.490 e. The molecule has 0 bridgehead atoms. The third-order valence-electron chi connectivity index (χ3n) is 5.24. The number of fused-ring (bicyclic) bond motifs is 1. The van der Waals surface area contributed by atoms with E-state index in [-0.39, 0.29) is 23.8 Å². The molecule has 35 heavy (non-hydrogen) atoms. The molecule has 0 saturated carbocycles. The zero-order valence-electron chi connectivity index (χ0n) is 18.9. The minimum atomic E-state index is -3.18. The van der Waals surface area contributed by atoms with Crippen LogP contribution in [-0.2, 0) is 4.74 Å². The summed E-state index contributed by atoms with van der Waals surface area (Å²) in [6, 6.07) is 12.2. The molecule has 0 saturated heterocycles. The predicted molar refractivity (Wildman–Crippen MR) is 125 cm³/mol. The van der Waals surface area contributed by atoms with Gasteiger partial charge in [0.05, 0.1) is 30.8 Å². The average molecular weight is 487 g/mol. The van der Waals surface area contributed by atoms with E-state index in [2.05, 4.69) is 26.1 Å². The molecule has 0 unspecified atom stereocenters. The Bertz CT molecular complexity index is 1240. The van der Waals surface area contributed by atoms with Gasteiger partial charge in [-0.3, -0.25) is 10.2 Å². The number of amides is 1. The van der Waals surface area contributed by atoms with Crippen LogP contribution in [0.5, 0.6) is 5.75 Å². The molecule has 184 valence electrons. The maximum absolute atomic E-state index is 14.2. The van der Waals surface area contributed by atoms with Crippen LogP contribution >= 0.6 is 0 Å². The summed E-state index contributed by atoms with van der Waals surface area (Å²) in [7, 11) is 1.56. The van der Waals surface area contributed by atoms with Gasteiger partial charge in [-0.2, -0.15) is 5.10 Å². The number of nitrogens with one attached hydrogen (secondary N) is 3. The van der Waals surface area contributed by atoms with E-state index < -0.39 is 24.8 Å². The second-order valence-electron chi connectivity index (χ2n) is 7.87. The average Bonchev–Trinajstić information content (AvgIpc) is 3.35. The third kappa shape index (κ3) is 6.18. The van der Waals surface area contributed by atoms with Gasteiger partial charge in [0.25, 0.3) is 11.8 Å². The molecule has 1 amide bonds. The first kappa shape index (κ1) is 24.3. The zero-order chi connectivity index (χ0) is 24.8. The Hall–Kier alpha value is -3.86. The molecule has 2 aromatic carbocycles. The molecular formula is C24H24F3N5O3. The third-order valence-corrected chi connectivity index (χ3v) is 5.24. The summed E-state index contributed by atoms with van der Waals surface area (Å²) in [6.45, 7) is 0.0891. The van der Waals surface area contributed by atoms with Crippen molar-refractivity contribution in [2.24, 2.45) is 5.10 Å². The van der Waals surface area contributed by atoms with E-state index in [0.29, 0.717) is 41.2 Å². The Balaban J connectivity index is 1.58. The van der Waals surface area contributed by atoms with E-state index in [4.69, 9.17) is 9.47 Å². The normalized spacial score (nSPS) is 13.2. The molecular weight excluding hydrogens is 463 g/mol. The van der Waals surface area contributed by atoms with Crippen molar-refractivity contribution in [2.75, 3.05) is 33.5 Å². The maximum atomic E-state index is 14.2. The summed E-state index contributed by atoms with van der Waals surface area (Å²) in [5.74, 6) is -3.59. The number of rotatable bonds is 10. The molecule has 3 N–H and O–H groups in total. The lowest BCUT2D eigenvalue weighted by Crippen LogP contribution is -2.39. The summed E-state index contributed by atoms with van der Waals surface area (Å²) in [5.41, 5.74) is 4.30. The first-order valence-corrected chi connectivity index (χ1v) is 10.9. The highest BCUT2D eigenvalue weighted by molar-refractivity contribution is 5.99. The topological polar surface area (TPSA) is 96.9 Å². The van der Waals surface area contributed by atoms with Crippen LogP contribution in [0.15, 0.2) is 53.6 Å². The van der Waals surface area contributed by atoms with E-state index in [1.165, 1.54) is 24.3 Å². The van der Waals surface area contributed by atoms with Crippen LogP contribution in [0, 0.1) is 5.82 Å². The zero-order valence-corrected chi connectivity index (χ0v) is 18.9. The van der Waals surface area contributed by atoms with Gasteiger partial charge in [-0.25, -0.2) is 18.2 Å². The van der Waals surface area contributed by atoms with E-state index in [9.17, 15) is 18.0 Å². The van der Waals surface area contributed by atoms with E-state index in [0.717, 1.165) is 0 Å². The Labute approximate surface area is 199 Å². The number of ether oxygens (including phenoxy) is 2. The van der Waals surface area contributed by atoms with Crippen LogP contribution < -0.4 is 20.8 Å². The lowest BCUT2D eigenvalue weighted by molar-refractivity contribution is 0.00949. The van der Waals surface area contributed by atoms with Gasteiger partial charge >= 0.3 is 0 Å². The summed E-state index contributed by atoms with van der Waals surface area (Å²) in [5, 5.41) is 9.33. The molecule has 1 aliphatic rings. The van der Waals surface area contributed by atoms with Crippen molar-refractivity contribution in [1.29, 1.82) is 0 Å². The van der Waals surface area contributed by atoms with Crippen LogP contribution in [-0.4, -0.2) is 56.2 Å². The molecule has 0 fully saturated rings. The number of pyridine rings is 1. The fourth-order valence-electron chi connectivity index (χ4n) is 3.50. The highest BCUT2D eigenvalue weighted by Gasteiger charge is 2.32. The number of hydrogen-bond donors (Lipinski definition) is 3. The predicted octanol–water partition coefficient (Wildman–Crippen LogP) is 3.29. The smallest absolute Gasteiger partial charge is 0.272 e. The van der Waals surface area contributed by atoms with Gasteiger partial charge in [0.2, 0.25) is 0 Å². The molecule has 0 aliphatic carbocycles. The molecule has 0 radical (unpaired) electrons. The number of methoxy groups -OCH3 is 1. The van der Waals surface area contributed by atoms with Crippen LogP contribution in [0.2, 0.25) is 0 Å². The van der Waals surface area contributed by atoms with Crippen molar-refractivity contribution in [3.8, 4) is 17.0 Å². The van der Waals surface area contributed by atoms with Gasteiger partial charge in [0.15, 0.2) is 0 Å². The van der Waals surface area contributed by atoms with Crippen LogP contribution in [0.25, 0.3) is 22.2 Å². The van der Waals surface area contributed by atoms with Crippen molar-refractivity contribution in [2.45, 2.75) is 12.3 Å². The Morgan fingerprint density at radius 1 is 1.14 bits per heavy atom. The molecule has 3 aromatic rings. The molecule has 4 rings (SSSR count). The van der Waals surface area contributed by atoms with Crippen molar-refractivity contribution in [1.82, 2.24) is 21.0 Å². The molecule has 2 heterocycles. The van der Waals surface area contributed by atoms with E-state index in [1.807, 2.05) is 0 Å². The molecule has 1 aromatic heterocycles. The number of alkyl halides is 2. The Morgan fingerprint density at radius 2 is 1.94 bits per heavy atom. The fraction of sp³-hybridized carbons (Fsp3) is 0.292. The maximum Gasteiger partial charge on any atom is 0.272 e. The molecule has 0 atom stereocenters. The van der Waals surface area contributed by atoms with Crippen LogP contribution in [0.4, 0.5) is 13.2 Å². The van der Waals surface area contributed by atoms with E-state index in [1.54, 1.807) is 31.4 Å². The van der Waals surface area contributed by atoms with Crippen molar-refractivity contribution < 1.29 is 27.4 Å². The fourth-order valence-corrected chi connectivity index (χ4v) is 3.50. The first-order valence-electron chi connectivity index (χ1n) is 10.9. The van der Waals surface area contributed by atoms with Gasteiger partial charge < -0.3 is 20.1 Å². The number of amidine groups is 1. The Kier molecular flexibility index (Phi) is 7.35. The largest absolute Gasteiger partial charge is 0.490 e. The standard InChI is InChI=1S/C24H24F3N5O3/c1-34-8-9-35-21-11-19(15-2-5-17(25)6-3-15)31-20-10-16(4-7-18(20)21)23(33)28-13-24(26,27)12-22-29-14-30-32-22/h2-7,10-11,30H,8-9,12-14H2,1H3,(H,28,33)(H,29,32). The molecule has 0 spiro atoms. The van der Waals surface area contributed by atoms with Gasteiger partial charge in [0, 0.05) is 29.7 Å². The number of nitrogens with zero attached hydrogens (tertiary/aromatic N) is 2. The van der Waals surface area contributed by atoms with Gasteiger partial charge in [-0.1, -0.05) is 0 Å². The second kappa shape index (κ2) is 10.6. The highest BCUT2D eigenvalue weighted by Crippen LogP contribution is 2.31.